The minimum absolute atomic E-state index is 0.0484. The third-order valence-electron chi connectivity index (χ3n) is 7.20. The fourth-order valence-electron chi connectivity index (χ4n) is 4.74. The summed E-state index contributed by atoms with van der Waals surface area (Å²) < 4.78 is 23.7. The maximum Gasteiger partial charge on any atom is 0.260 e. The molecule has 2 aliphatic rings. The number of hydrogen-bond acceptors (Lipinski definition) is 10. The van der Waals surface area contributed by atoms with Crippen molar-refractivity contribution in [3.05, 3.63) is 50.9 Å². The van der Waals surface area contributed by atoms with Crippen molar-refractivity contribution in [2.45, 2.75) is 18.7 Å². The zero-order valence-electron chi connectivity index (χ0n) is 24.4. The molecule has 2 saturated heterocycles. The molecule has 3 aromatic rings. The van der Waals surface area contributed by atoms with Gasteiger partial charge in [-0.1, -0.05) is 29.3 Å². The summed E-state index contributed by atoms with van der Waals surface area (Å²) in [5, 5.41) is 4.18. The molecule has 0 aliphatic carbocycles. The number of methoxy groups -OCH3 is 2. The quantitative estimate of drug-likeness (QED) is 0.298. The van der Waals surface area contributed by atoms with Gasteiger partial charge in [0.2, 0.25) is 11.9 Å². The third kappa shape index (κ3) is 6.73. The molecule has 5 rings (SSSR count). The number of benzene rings is 1. The average molecular weight is 634 g/mol. The molecule has 14 heteroatoms. The summed E-state index contributed by atoms with van der Waals surface area (Å²) in [6.45, 7) is 3.17. The molecule has 0 unspecified atom stereocenters. The molecule has 0 saturated carbocycles. The van der Waals surface area contributed by atoms with Crippen LogP contribution in [-0.2, 0) is 20.8 Å². The predicted molar refractivity (Wildman–Crippen MR) is 165 cm³/mol. The van der Waals surface area contributed by atoms with Crippen molar-refractivity contribution in [3.63, 3.8) is 0 Å². The summed E-state index contributed by atoms with van der Waals surface area (Å²) in [7, 11) is 6.82. The van der Waals surface area contributed by atoms with Gasteiger partial charge in [-0.25, -0.2) is 4.98 Å². The molecule has 2 aliphatic heterocycles. The van der Waals surface area contributed by atoms with Crippen LogP contribution < -0.4 is 20.3 Å². The van der Waals surface area contributed by atoms with Crippen molar-refractivity contribution in [1.29, 1.82) is 0 Å². The standard InChI is InChI=1S/C29H34Cl2N6O6/c1-35(2)7-5-6-23(38)36-13-19(14-36)43-9-8-37-27-17(12-32-29(34-27)33-18-15-42-16-18)10-20(28(37)39)24-25(30)21(40-3)11-22(41-4)26(24)31/h5-6,10-12,18-19H,7-9,13-16H2,1-4H3,(H,32,33,34). The van der Waals surface area contributed by atoms with Crippen molar-refractivity contribution < 1.29 is 23.7 Å². The van der Waals surface area contributed by atoms with E-state index >= 15 is 0 Å². The minimum atomic E-state index is -0.372. The van der Waals surface area contributed by atoms with Crippen molar-refractivity contribution in [3.8, 4) is 22.6 Å². The molecule has 1 aromatic carbocycles. The van der Waals surface area contributed by atoms with Gasteiger partial charge in [-0.05, 0) is 20.2 Å². The van der Waals surface area contributed by atoms with E-state index in [1.165, 1.54) is 18.8 Å². The second-order valence-corrected chi connectivity index (χ2v) is 11.3. The van der Waals surface area contributed by atoms with E-state index in [0.717, 1.165) is 0 Å². The molecule has 0 radical (unpaired) electrons. The largest absolute Gasteiger partial charge is 0.495 e. The lowest BCUT2D eigenvalue weighted by Gasteiger charge is -2.38. The number of aromatic nitrogens is 3. The third-order valence-corrected chi connectivity index (χ3v) is 7.95. The van der Waals surface area contributed by atoms with Crippen LogP contribution in [0.5, 0.6) is 11.5 Å². The molecule has 4 heterocycles. The molecule has 0 atom stereocenters. The highest BCUT2D eigenvalue weighted by atomic mass is 35.5. The molecule has 2 aromatic heterocycles. The van der Waals surface area contributed by atoms with Crippen LogP contribution in [0.2, 0.25) is 10.0 Å². The Hall–Kier alpha value is -3.42. The van der Waals surface area contributed by atoms with E-state index in [0.29, 0.717) is 61.3 Å². The lowest BCUT2D eigenvalue weighted by Crippen LogP contribution is -2.54. The summed E-state index contributed by atoms with van der Waals surface area (Å²) in [6.07, 6.45) is 4.93. The number of halogens is 2. The highest BCUT2D eigenvalue weighted by Gasteiger charge is 2.30. The van der Waals surface area contributed by atoms with E-state index < -0.39 is 0 Å². The van der Waals surface area contributed by atoms with E-state index in [1.54, 1.807) is 29.3 Å². The number of rotatable bonds is 12. The number of likely N-dealkylation sites (tertiary alicyclic amines) is 1. The number of nitrogens with zero attached hydrogens (tertiary/aromatic N) is 5. The first-order chi connectivity index (χ1) is 20.7. The van der Waals surface area contributed by atoms with Crippen LogP contribution in [0.4, 0.5) is 5.95 Å². The predicted octanol–water partition coefficient (Wildman–Crippen LogP) is 2.94. The molecule has 1 amide bonds. The number of pyridine rings is 1. The summed E-state index contributed by atoms with van der Waals surface area (Å²) in [5.41, 5.74) is 0.573. The maximum absolute atomic E-state index is 14.1. The molecule has 2 fully saturated rings. The van der Waals surface area contributed by atoms with Gasteiger partial charge >= 0.3 is 0 Å². The summed E-state index contributed by atoms with van der Waals surface area (Å²) in [5.74, 6) is 0.961. The van der Waals surface area contributed by atoms with E-state index in [9.17, 15) is 9.59 Å². The first-order valence-corrected chi connectivity index (χ1v) is 14.5. The van der Waals surface area contributed by atoms with E-state index in [1.807, 2.05) is 25.1 Å². The number of carbonyl (C=O) groups is 1. The summed E-state index contributed by atoms with van der Waals surface area (Å²) >= 11 is 13.4. The van der Waals surface area contributed by atoms with Crippen LogP contribution in [0, 0.1) is 0 Å². The van der Waals surface area contributed by atoms with E-state index in [-0.39, 0.29) is 57.9 Å². The van der Waals surface area contributed by atoms with Gasteiger partial charge in [-0.2, -0.15) is 4.98 Å². The molecule has 1 N–H and O–H groups in total. The van der Waals surface area contributed by atoms with Crippen LogP contribution in [0.15, 0.2) is 35.3 Å². The Morgan fingerprint density at radius 1 is 1.16 bits per heavy atom. The Morgan fingerprint density at radius 2 is 1.86 bits per heavy atom. The topological polar surface area (TPSA) is 120 Å². The van der Waals surface area contributed by atoms with Gasteiger partial charge < -0.3 is 34.1 Å². The van der Waals surface area contributed by atoms with Gasteiger partial charge in [-0.15, -0.1) is 0 Å². The van der Waals surface area contributed by atoms with Crippen LogP contribution in [0.1, 0.15) is 0 Å². The second-order valence-electron chi connectivity index (χ2n) is 10.6. The van der Waals surface area contributed by atoms with Crippen LogP contribution in [-0.4, -0.2) is 110 Å². The molecule has 12 nitrogen and oxygen atoms in total. The Balaban J connectivity index is 1.42. The fourth-order valence-corrected chi connectivity index (χ4v) is 5.45. The van der Waals surface area contributed by atoms with Gasteiger partial charge in [0.1, 0.15) is 17.1 Å². The van der Waals surface area contributed by atoms with Gasteiger partial charge in [0.15, 0.2) is 0 Å². The molecule has 0 spiro atoms. The number of fused-ring (bicyclic) bond motifs is 1. The maximum atomic E-state index is 14.1. The Kier molecular flexibility index (Phi) is 9.72. The van der Waals surface area contributed by atoms with Crippen molar-refractivity contribution >= 4 is 46.1 Å². The number of anilines is 1. The van der Waals surface area contributed by atoms with Gasteiger partial charge in [0, 0.05) is 48.9 Å². The highest BCUT2D eigenvalue weighted by Crippen LogP contribution is 2.45. The van der Waals surface area contributed by atoms with Crippen LogP contribution >= 0.6 is 23.2 Å². The Labute approximate surface area is 259 Å². The summed E-state index contributed by atoms with van der Waals surface area (Å²) in [4.78, 5) is 39.2. The highest BCUT2D eigenvalue weighted by molar-refractivity contribution is 6.41. The molecular weight excluding hydrogens is 599 g/mol. The average Bonchev–Trinajstić information content (AvgIpc) is 2.93. The monoisotopic (exact) mass is 632 g/mol. The number of nitrogens with one attached hydrogen (secondary N) is 1. The van der Waals surface area contributed by atoms with Gasteiger partial charge in [0.05, 0.1) is 68.3 Å². The normalized spacial score (nSPS) is 15.7. The first kappa shape index (κ1) is 31.0. The molecule has 43 heavy (non-hydrogen) atoms. The van der Waals surface area contributed by atoms with E-state index in [4.69, 9.17) is 42.1 Å². The lowest BCUT2D eigenvalue weighted by molar-refractivity contribution is -0.139. The summed E-state index contributed by atoms with van der Waals surface area (Å²) in [6, 6.07) is 3.33. The van der Waals surface area contributed by atoms with Gasteiger partial charge in [0.25, 0.3) is 5.56 Å². The van der Waals surface area contributed by atoms with Crippen LogP contribution in [0.3, 0.4) is 0 Å². The number of ether oxygens (including phenoxy) is 4. The number of carbonyl (C=O) groups excluding carboxylic acids is 1. The Bertz CT molecular complexity index is 1560. The van der Waals surface area contributed by atoms with E-state index in [2.05, 4.69) is 15.3 Å². The minimum Gasteiger partial charge on any atom is -0.495 e. The van der Waals surface area contributed by atoms with Crippen molar-refractivity contribution in [1.82, 2.24) is 24.3 Å². The molecule has 230 valence electrons. The zero-order valence-corrected chi connectivity index (χ0v) is 25.9. The lowest BCUT2D eigenvalue weighted by atomic mass is 10.0. The van der Waals surface area contributed by atoms with Gasteiger partial charge in [-0.3, -0.25) is 14.2 Å². The van der Waals surface area contributed by atoms with Crippen molar-refractivity contribution in [2.75, 3.05) is 73.1 Å². The second kappa shape index (κ2) is 13.5. The number of hydrogen-bond donors (Lipinski definition) is 1. The van der Waals surface area contributed by atoms with Crippen molar-refractivity contribution in [2.24, 2.45) is 0 Å². The Morgan fingerprint density at radius 3 is 2.47 bits per heavy atom. The zero-order chi connectivity index (χ0) is 30.7. The SMILES string of the molecule is COc1cc(OC)c(Cl)c(-c2cc3cnc(NC4COC4)nc3n(CCOC3CN(C(=O)C=CCN(C)C)C3)c2=O)c1Cl. The number of amides is 1. The number of likely N-dealkylation sites (N-methyl/N-ethyl adjacent to an activating group) is 1. The molecule has 0 bridgehead atoms. The fraction of sp³-hybridized carbons (Fsp3) is 0.448. The smallest absolute Gasteiger partial charge is 0.260 e. The molecular formula is C29H34Cl2N6O6. The van der Waals surface area contributed by atoms with Crippen LogP contribution in [0.25, 0.3) is 22.2 Å². The first-order valence-electron chi connectivity index (χ1n) is 13.8.